The van der Waals surface area contributed by atoms with Crippen LogP contribution in [0.4, 0.5) is 0 Å². The smallest absolute Gasteiger partial charge is 0.337 e. The maximum absolute atomic E-state index is 11.3. The summed E-state index contributed by atoms with van der Waals surface area (Å²) in [5.41, 5.74) is 4.65. The van der Waals surface area contributed by atoms with Crippen molar-refractivity contribution in [1.29, 1.82) is 0 Å². The summed E-state index contributed by atoms with van der Waals surface area (Å²) in [5, 5.41) is 0. The van der Waals surface area contributed by atoms with Gasteiger partial charge in [0.05, 0.1) is 12.5 Å². The van der Waals surface area contributed by atoms with Crippen molar-refractivity contribution >= 4 is 24.1 Å². The average Bonchev–Trinajstić information content (AvgIpc) is 2.68. The average molecular weight is 374 g/mol. The zero-order valence-electron chi connectivity index (χ0n) is 16.0. The topological polar surface area (TPSA) is 52.6 Å². The van der Waals surface area contributed by atoms with Crippen LogP contribution < -0.4 is 0 Å². The number of esters is 2. The summed E-state index contributed by atoms with van der Waals surface area (Å²) in [6.07, 6.45) is 6.14. The molecule has 28 heavy (non-hydrogen) atoms. The highest BCUT2D eigenvalue weighted by atomic mass is 16.5. The maximum atomic E-state index is 11.3. The number of hydrogen-bond acceptors (Lipinski definition) is 4. The summed E-state index contributed by atoms with van der Waals surface area (Å²) < 4.78 is 9.87. The molecular formula is C24H22O4. The van der Waals surface area contributed by atoms with Gasteiger partial charge < -0.3 is 9.47 Å². The molecule has 0 fully saturated rings. The van der Waals surface area contributed by atoms with Gasteiger partial charge in [-0.25, -0.2) is 9.59 Å². The Kier molecular flexibility index (Phi) is 7.28. The highest BCUT2D eigenvalue weighted by Gasteiger charge is 2.01. The zero-order chi connectivity index (χ0) is 20.5. The summed E-state index contributed by atoms with van der Waals surface area (Å²) in [5.74, 6) is -0.896. The van der Waals surface area contributed by atoms with Crippen LogP contribution in [-0.4, -0.2) is 11.9 Å². The van der Waals surface area contributed by atoms with E-state index in [1.54, 1.807) is 26.0 Å². The van der Waals surface area contributed by atoms with Gasteiger partial charge in [0.15, 0.2) is 0 Å². The molecule has 0 bridgehead atoms. The van der Waals surface area contributed by atoms with E-state index in [4.69, 9.17) is 9.47 Å². The molecule has 4 heteroatoms. The van der Waals surface area contributed by atoms with E-state index in [-0.39, 0.29) is 0 Å². The molecule has 0 aliphatic rings. The van der Waals surface area contributed by atoms with Crippen LogP contribution in [0.25, 0.3) is 23.3 Å². The lowest BCUT2D eigenvalue weighted by Gasteiger charge is -2.04. The molecule has 0 aliphatic carbocycles. The number of hydrogen-bond donors (Lipinski definition) is 0. The summed E-state index contributed by atoms with van der Waals surface area (Å²) in [7, 11) is 0. The van der Waals surface area contributed by atoms with Gasteiger partial charge in [0.25, 0.3) is 0 Å². The number of carbonyl (C=O) groups excluding carboxylic acids is 2. The Labute approximate surface area is 165 Å². The maximum Gasteiger partial charge on any atom is 0.337 e. The normalized spacial score (nSPS) is 10.8. The Bertz CT molecular complexity index is 850. The molecule has 142 valence electrons. The highest BCUT2D eigenvalue weighted by Crippen LogP contribution is 2.21. The van der Waals surface area contributed by atoms with E-state index in [0.29, 0.717) is 11.1 Å². The summed E-state index contributed by atoms with van der Waals surface area (Å²) in [4.78, 5) is 22.6. The van der Waals surface area contributed by atoms with Crippen molar-refractivity contribution in [3.05, 3.63) is 96.5 Å². The van der Waals surface area contributed by atoms with E-state index in [9.17, 15) is 9.59 Å². The molecule has 0 N–H and O–H groups in total. The highest BCUT2D eigenvalue weighted by molar-refractivity contribution is 5.88. The van der Waals surface area contributed by atoms with Gasteiger partial charge in [-0.3, -0.25) is 0 Å². The fourth-order valence-corrected chi connectivity index (χ4v) is 2.12. The first-order valence-electron chi connectivity index (χ1n) is 8.63. The fourth-order valence-electron chi connectivity index (χ4n) is 2.12. The van der Waals surface area contributed by atoms with Crippen LogP contribution in [0.15, 0.2) is 85.4 Å². The summed E-state index contributed by atoms with van der Waals surface area (Å²) in [6, 6.07) is 15.7. The molecule has 2 aromatic carbocycles. The first kappa shape index (κ1) is 20.6. The van der Waals surface area contributed by atoms with Crippen LogP contribution in [-0.2, 0) is 19.1 Å². The molecule has 0 spiro atoms. The van der Waals surface area contributed by atoms with E-state index in [1.807, 2.05) is 48.5 Å². The van der Waals surface area contributed by atoms with Gasteiger partial charge in [-0.15, -0.1) is 0 Å². The van der Waals surface area contributed by atoms with Crippen molar-refractivity contribution in [2.75, 3.05) is 0 Å². The molecular weight excluding hydrogens is 352 g/mol. The summed E-state index contributed by atoms with van der Waals surface area (Å²) >= 11 is 0. The monoisotopic (exact) mass is 374 g/mol. The van der Waals surface area contributed by atoms with Crippen molar-refractivity contribution in [2.24, 2.45) is 0 Å². The molecule has 0 saturated heterocycles. The van der Waals surface area contributed by atoms with Gasteiger partial charge >= 0.3 is 11.9 Å². The molecule has 0 aliphatic heterocycles. The quantitative estimate of drug-likeness (QED) is 0.363. The Balaban J connectivity index is 1.98. The number of rotatable bonds is 7. The zero-order valence-corrected chi connectivity index (χ0v) is 16.0. The van der Waals surface area contributed by atoms with Crippen molar-refractivity contribution < 1.29 is 19.1 Å². The van der Waals surface area contributed by atoms with E-state index < -0.39 is 11.9 Å². The van der Waals surface area contributed by atoms with Crippen LogP contribution >= 0.6 is 0 Å². The van der Waals surface area contributed by atoms with Gasteiger partial charge in [0.1, 0.15) is 0 Å². The molecule has 2 aromatic rings. The minimum Gasteiger partial charge on any atom is -0.431 e. The number of carbonyl (C=O) groups is 2. The molecule has 0 atom stereocenters. The van der Waals surface area contributed by atoms with Crippen molar-refractivity contribution in [3.63, 3.8) is 0 Å². The number of benzene rings is 2. The third-order valence-corrected chi connectivity index (χ3v) is 3.72. The van der Waals surface area contributed by atoms with Crippen LogP contribution in [0, 0.1) is 0 Å². The van der Waals surface area contributed by atoms with Crippen LogP contribution in [0.5, 0.6) is 0 Å². The standard InChI is InChI=1S/C24H22O4/c1-17(2)23(25)27-15-13-19-5-9-21(10-6-19)22-11-7-20(8-12-22)14-16-28-24(26)18(3)4/h5-16H,1,3H2,2,4H3. The van der Waals surface area contributed by atoms with Gasteiger partial charge in [0.2, 0.25) is 0 Å². The third kappa shape index (κ3) is 6.25. The fraction of sp³-hybridized carbons (Fsp3) is 0.0833. The lowest BCUT2D eigenvalue weighted by Crippen LogP contribution is -1.98. The third-order valence-electron chi connectivity index (χ3n) is 3.72. The van der Waals surface area contributed by atoms with Crippen molar-refractivity contribution in [3.8, 4) is 11.1 Å². The summed E-state index contributed by atoms with van der Waals surface area (Å²) in [6.45, 7) is 10.2. The minimum absolute atomic E-state index is 0.354. The van der Waals surface area contributed by atoms with Gasteiger partial charge in [0, 0.05) is 11.1 Å². The predicted octanol–water partition coefficient (Wildman–Crippen LogP) is 5.53. The predicted molar refractivity (Wildman–Crippen MR) is 112 cm³/mol. The Hall–Kier alpha value is -3.66. The molecule has 0 heterocycles. The van der Waals surface area contributed by atoms with Crippen LogP contribution in [0.2, 0.25) is 0 Å². The van der Waals surface area contributed by atoms with E-state index in [0.717, 1.165) is 22.3 Å². The second-order valence-electron chi connectivity index (χ2n) is 6.22. The Morgan fingerprint density at radius 1 is 0.679 bits per heavy atom. The molecule has 0 amide bonds. The SMILES string of the molecule is C=C(C)C(=O)OC=Cc1ccc(-c2ccc(C=COC(=O)C(=C)C)cc2)cc1. The van der Waals surface area contributed by atoms with Crippen LogP contribution in [0.1, 0.15) is 25.0 Å². The minimum atomic E-state index is -0.448. The largest absolute Gasteiger partial charge is 0.431 e. The number of ether oxygens (including phenoxy) is 2. The van der Waals surface area contributed by atoms with E-state index in [2.05, 4.69) is 13.2 Å². The lowest BCUT2D eigenvalue weighted by atomic mass is 10.0. The van der Waals surface area contributed by atoms with E-state index >= 15 is 0 Å². The Morgan fingerprint density at radius 2 is 1.00 bits per heavy atom. The molecule has 0 radical (unpaired) electrons. The molecule has 0 saturated carbocycles. The molecule has 4 nitrogen and oxygen atoms in total. The van der Waals surface area contributed by atoms with Gasteiger partial charge in [-0.2, -0.15) is 0 Å². The van der Waals surface area contributed by atoms with Gasteiger partial charge in [-0.05, 0) is 48.3 Å². The van der Waals surface area contributed by atoms with E-state index in [1.165, 1.54) is 12.5 Å². The van der Waals surface area contributed by atoms with Crippen molar-refractivity contribution in [2.45, 2.75) is 13.8 Å². The van der Waals surface area contributed by atoms with Gasteiger partial charge in [-0.1, -0.05) is 61.7 Å². The second-order valence-corrected chi connectivity index (χ2v) is 6.22. The molecule has 0 unspecified atom stereocenters. The van der Waals surface area contributed by atoms with Crippen molar-refractivity contribution in [1.82, 2.24) is 0 Å². The first-order valence-corrected chi connectivity index (χ1v) is 8.63. The second kappa shape index (κ2) is 9.88. The Morgan fingerprint density at radius 3 is 1.29 bits per heavy atom. The van der Waals surface area contributed by atoms with Crippen LogP contribution in [0.3, 0.4) is 0 Å². The molecule has 2 rings (SSSR count). The lowest BCUT2D eigenvalue weighted by molar-refractivity contribution is -0.134. The molecule has 0 aromatic heterocycles. The first-order chi connectivity index (χ1) is 13.4.